The van der Waals surface area contributed by atoms with Gasteiger partial charge in [0, 0.05) is 12.4 Å². The van der Waals surface area contributed by atoms with Gasteiger partial charge in [0.1, 0.15) is 6.33 Å². The lowest BCUT2D eigenvalue weighted by atomic mass is 10.2. The Balaban J connectivity index is 1.77. The summed E-state index contributed by atoms with van der Waals surface area (Å²) in [7, 11) is 0. The van der Waals surface area contributed by atoms with Crippen LogP contribution in [0.3, 0.4) is 0 Å². The fourth-order valence-electron chi connectivity index (χ4n) is 2.38. The first-order valence-electron chi connectivity index (χ1n) is 7.98. The topological polar surface area (TPSA) is 97.6 Å². The molecule has 0 aliphatic rings. The van der Waals surface area contributed by atoms with Crippen molar-refractivity contribution in [2.75, 3.05) is 5.32 Å². The molecule has 29 heavy (non-hydrogen) atoms. The van der Waals surface area contributed by atoms with Crippen LogP contribution in [0.15, 0.2) is 36.9 Å². The summed E-state index contributed by atoms with van der Waals surface area (Å²) in [6.45, 7) is 1.60. The number of nitrogens with one attached hydrogen (secondary N) is 2. The Labute approximate surface area is 172 Å². The van der Waals surface area contributed by atoms with E-state index in [1.165, 1.54) is 23.4 Å². The van der Waals surface area contributed by atoms with Crippen molar-refractivity contribution in [2.24, 2.45) is 0 Å². The Morgan fingerprint density at radius 2 is 1.83 bits per heavy atom. The van der Waals surface area contributed by atoms with E-state index in [9.17, 15) is 18.0 Å². The third-order valence-corrected chi connectivity index (χ3v) is 4.29. The van der Waals surface area contributed by atoms with Crippen molar-refractivity contribution in [2.45, 2.75) is 19.1 Å². The maximum absolute atomic E-state index is 13.0. The molecule has 0 fully saturated rings. The Hall–Kier alpha value is -2.92. The van der Waals surface area contributed by atoms with E-state index < -0.39 is 28.8 Å². The van der Waals surface area contributed by atoms with E-state index in [-0.39, 0.29) is 16.7 Å². The van der Waals surface area contributed by atoms with Gasteiger partial charge in [0.25, 0.3) is 5.95 Å². The molecule has 1 aromatic carbocycles. The highest BCUT2D eigenvalue weighted by molar-refractivity contribution is 6.37. The summed E-state index contributed by atoms with van der Waals surface area (Å²) < 4.78 is 40.4. The number of hydrogen-bond acceptors (Lipinski definition) is 5. The molecule has 0 radical (unpaired) electrons. The lowest BCUT2D eigenvalue weighted by molar-refractivity contribution is -0.137. The highest BCUT2D eigenvalue weighted by Crippen LogP contribution is 2.39. The highest BCUT2D eigenvalue weighted by atomic mass is 35.5. The number of urea groups is 1. The maximum Gasteiger partial charge on any atom is 0.417 e. The van der Waals surface area contributed by atoms with Gasteiger partial charge in [-0.2, -0.15) is 23.0 Å². The SMILES string of the molecule is C[C@H](NC(=O)Nc1cc(C(F)(F)F)c(Cl)cc1Cl)c1ncnn1-c1ncccn1. The summed E-state index contributed by atoms with van der Waals surface area (Å²) in [5, 5.41) is 8.10. The molecule has 0 unspecified atom stereocenters. The maximum atomic E-state index is 13.0. The lowest BCUT2D eigenvalue weighted by Gasteiger charge is -2.16. The van der Waals surface area contributed by atoms with Crippen molar-refractivity contribution in [3.8, 4) is 5.95 Å². The molecule has 3 rings (SSSR count). The predicted octanol–water partition coefficient (Wildman–Crippen LogP) is 4.27. The average molecular weight is 446 g/mol. The van der Waals surface area contributed by atoms with Crippen molar-refractivity contribution in [3.63, 3.8) is 0 Å². The number of halogens is 5. The number of benzene rings is 1. The Bertz CT molecular complexity index is 1030. The lowest BCUT2D eigenvalue weighted by Crippen LogP contribution is -2.33. The molecule has 8 nitrogen and oxygen atoms in total. The van der Waals surface area contributed by atoms with E-state index in [0.29, 0.717) is 11.9 Å². The summed E-state index contributed by atoms with van der Waals surface area (Å²) in [6, 6.07) is 1.71. The third kappa shape index (κ3) is 4.74. The molecule has 2 N–H and O–H groups in total. The molecule has 2 aromatic heterocycles. The number of anilines is 1. The van der Waals surface area contributed by atoms with E-state index in [1.807, 2.05) is 0 Å². The zero-order valence-corrected chi connectivity index (χ0v) is 16.1. The number of nitrogens with zero attached hydrogens (tertiary/aromatic N) is 5. The first-order valence-corrected chi connectivity index (χ1v) is 8.73. The first kappa shape index (κ1) is 20.8. The molecule has 1 atom stereocenters. The van der Waals surface area contributed by atoms with Crippen LogP contribution >= 0.6 is 23.2 Å². The van der Waals surface area contributed by atoms with E-state index >= 15 is 0 Å². The van der Waals surface area contributed by atoms with Crippen molar-refractivity contribution in [1.82, 2.24) is 30.0 Å². The van der Waals surface area contributed by atoms with Gasteiger partial charge in [0.2, 0.25) is 0 Å². The van der Waals surface area contributed by atoms with E-state index in [0.717, 1.165) is 6.07 Å². The van der Waals surface area contributed by atoms with Crippen LogP contribution in [0.2, 0.25) is 10.0 Å². The van der Waals surface area contributed by atoms with E-state index in [4.69, 9.17) is 23.2 Å². The molecule has 0 saturated heterocycles. The minimum atomic E-state index is -4.70. The van der Waals surface area contributed by atoms with Crippen molar-refractivity contribution >= 4 is 34.9 Å². The van der Waals surface area contributed by atoms with Gasteiger partial charge in [-0.3, -0.25) is 0 Å². The minimum absolute atomic E-state index is 0.147. The summed E-state index contributed by atoms with van der Waals surface area (Å²) in [5.74, 6) is 0.550. The predicted molar refractivity (Wildman–Crippen MR) is 99.0 cm³/mol. The Morgan fingerprint density at radius 3 is 2.48 bits per heavy atom. The molecule has 152 valence electrons. The number of carbonyl (C=O) groups is 1. The van der Waals surface area contributed by atoms with Crippen molar-refractivity contribution in [1.29, 1.82) is 0 Å². The van der Waals surface area contributed by atoms with Crippen molar-refractivity contribution < 1.29 is 18.0 Å². The zero-order valence-electron chi connectivity index (χ0n) is 14.6. The highest BCUT2D eigenvalue weighted by Gasteiger charge is 2.34. The molecular weight excluding hydrogens is 434 g/mol. The van der Waals surface area contributed by atoms with Gasteiger partial charge in [-0.25, -0.2) is 19.7 Å². The van der Waals surface area contributed by atoms with Crippen LogP contribution in [0.5, 0.6) is 0 Å². The molecule has 2 amide bonds. The fourth-order valence-corrected chi connectivity index (χ4v) is 2.92. The van der Waals surface area contributed by atoms with Crippen LogP contribution in [-0.2, 0) is 6.18 Å². The van der Waals surface area contributed by atoms with Gasteiger partial charge >= 0.3 is 12.2 Å². The van der Waals surface area contributed by atoms with Gasteiger partial charge in [-0.1, -0.05) is 23.2 Å². The fraction of sp³-hybridized carbons (Fsp3) is 0.188. The summed E-state index contributed by atoms with van der Waals surface area (Å²) >= 11 is 11.5. The second kappa shape index (κ2) is 8.21. The quantitative estimate of drug-likeness (QED) is 0.624. The first-order chi connectivity index (χ1) is 13.7. The van der Waals surface area contributed by atoms with Gasteiger partial charge in [0.05, 0.1) is 27.3 Å². The molecule has 2 heterocycles. The third-order valence-electron chi connectivity index (χ3n) is 3.66. The summed E-state index contributed by atoms with van der Waals surface area (Å²) in [6.07, 6.45) is -0.417. The van der Waals surface area contributed by atoms with E-state index in [1.54, 1.807) is 13.0 Å². The van der Waals surface area contributed by atoms with Crippen LogP contribution in [0, 0.1) is 0 Å². The van der Waals surface area contributed by atoms with Crippen LogP contribution in [-0.4, -0.2) is 30.8 Å². The van der Waals surface area contributed by atoms with Crippen LogP contribution in [0.1, 0.15) is 24.4 Å². The largest absolute Gasteiger partial charge is 0.417 e. The molecule has 0 spiro atoms. The second-order valence-electron chi connectivity index (χ2n) is 5.71. The second-order valence-corrected chi connectivity index (χ2v) is 6.52. The summed E-state index contributed by atoms with van der Waals surface area (Å²) in [5.41, 5.74) is -1.37. The summed E-state index contributed by atoms with van der Waals surface area (Å²) in [4.78, 5) is 24.4. The smallest absolute Gasteiger partial charge is 0.328 e. The van der Waals surface area contributed by atoms with Gasteiger partial charge in [-0.15, -0.1) is 0 Å². The molecule has 0 saturated carbocycles. The van der Waals surface area contributed by atoms with Crippen LogP contribution in [0.25, 0.3) is 5.95 Å². The van der Waals surface area contributed by atoms with E-state index in [2.05, 4.69) is 30.7 Å². The number of rotatable bonds is 4. The Kier molecular flexibility index (Phi) is 5.89. The van der Waals surface area contributed by atoms with Gasteiger partial charge in [-0.05, 0) is 25.1 Å². The average Bonchev–Trinajstić information content (AvgIpc) is 3.13. The zero-order chi connectivity index (χ0) is 21.2. The molecule has 13 heteroatoms. The number of alkyl halides is 3. The molecule has 3 aromatic rings. The molecule has 0 aliphatic heterocycles. The van der Waals surface area contributed by atoms with Crippen LogP contribution in [0.4, 0.5) is 23.7 Å². The van der Waals surface area contributed by atoms with Crippen LogP contribution < -0.4 is 10.6 Å². The number of amides is 2. The van der Waals surface area contributed by atoms with Gasteiger partial charge in [0.15, 0.2) is 5.82 Å². The van der Waals surface area contributed by atoms with Gasteiger partial charge < -0.3 is 10.6 Å². The molecule has 0 bridgehead atoms. The number of aromatic nitrogens is 5. The minimum Gasteiger partial charge on any atom is -0.328 e. The number of hydrogen-bond donors (Lipinski definition) is 2. The van der Waals surface area contributed by atoms with Crippen molar-refractivity contribution in [3.05, 3.63) is 58.4 Å². The Morgan fingerprint density at radius 1 is 1.14 bits per heavy atom. The normalized spacial score (nSPS) is 12.5. The monoisotopic (exact) mass is 445 g/mol. The molecular formula is C16H12Cl2F3N7O. The standard InChI is InChI=1S/C16H12Cl2F3N7O/c1-8(13-24-7-25-28(13)14-22-3-2-4-23-14)26-15(29)27-12-5-9(16(19,20)21)10(17)6-11(12)18/h2-8H,1H3,(H2,26,27,29)/t8-/m0/s1. The number of carbonyl (C=O) groups excluding carboxylic acids is 1. The molecule has 0 aliphatic carbocycles.